The van der Waals surface area contributed by atoms with Gasteiger partial charge in [0.15, 0.2) is 11.5 Å². The molecule has 1 aliphatic heterocycles. The molecule has 2 atom stereocenters. The molecule has 0 spiro atoms. The highest BCUT2D eigenvalue weighted by atomic mass is 32.2. The number of nitrogens with one attached hydrogen (secondary N) is 1. The molecule has 1 aliphatic rings. The third kappa shape index (κ3) is 4.52. The lowest BCUT2D eigenvalue weighted by Crippen LogP contribution is -2.58. The first-order chi connectivity index (χ1) is 15.0. The van der Waals surface area contributed by atoms with E-state index < -0.39 is 16.8 Å². The largest absolute Gasteiger partial charge is 0.508 e. The van der Waals surface area contributed by atoms with Crippen molar-refractivity contribution >= 4 is 28.2 Å². The van der Waals surface area contributed by atoms with Crippen molar-refractivity contribution in [2.75, 3.05) is 32.7 Å². The van der Waals surface area contributed by atoms with Gasteiger partial charge in [0.25, 0.3) is 0 Å². The van der Waals surface area contributed by atoms with Crippen LogP contribution >= 0.6 is 0 Å². The van der Waals surface area contributed by atoms with E-state index in [4.69, 9.17) is 19.4 Å². The predicted octanol–water partition coefficient (Wildman–Crippen LogP) is 0.630. The van der Waals surface area contributed by atoms with E-state index in [1.165, 1.54) is 6.33 Å². The highest BCUT2D eigenvalue weighted by Crippen LogP contribution is 2.35. The van der Waals surface area contributed by atoms with Crippen LogP contribution in [0.4, 0.5) is 5.82 Å². The molecule has 4 rings (SSSR count). The molecule has 0 saturated carbocycles. The molecule has 0 radical (unpaired) electrons. The molecule has 1 aromatic carbocycles. The number of rotatable bonds is 10. The van der Waals surface area contributed by atoms with Gasteiger partial charge in [-0.2, -0.15) is 4.72 Å². The van der Waals surface area contributed by atoms with Gasteiger partial charge in [0.05, 0.1) is 32.3 Å². The Labute approximate surface area is 181 Å². The smallest absolute Gasteiger partial charge is 0.235 e. The van der Waals surface area contributed by atoms with Crippen molar-refractivity contribution < 1.29 is 23.0 Å². The molecule has 0 aliphatic carbocycles. The van der Waals surface area contributed by atoms with Crippen LogP contribution in [0.15, 0.2) is 36.9 Å². The van der Waals surface area contributed by atoms with Crippen molar-refractivity contribution in [2.24, 2.45) is 0 Å². The van der Waals surface area contributed by atoms with Gasteiger partial charge in [-0.05, 0) is 12.5 Å². The van der Waals surface area contributed by atoms with Crippen molar-refractivity contribution in [3.63, 3.8) is 0 Å². The first-order valence-corrected chi connectivity index (χ1v) is 10.7. The van der Waals surface area contributed by atoms with Crippen LogP contribution in [0.2, 0.25) is 0 Å². The molecule has 31 heavy (non-hydrogen) atoms. The van der Waals surface area contributed by atoms with Gasteiger partial charge in [-0.25, -0.2) is 19.2 Å². The van der Waals surface area contributed by atoms with E-state index in [0.717, 1.165) is 0 Å². The predicted molar refractivity (Wildman–Crippen MR) is 113 cm³/mol. The summed E-state index contributed by atoms with van der Waals surface area (Å²) in [7, 11) is 1.57. The maximum atomic E-state index is 12.5. The van der Waals surface area contributed by atoms with Crippen LogP contribution in [0.1, 0.15) is 12.0 Å². The molecule has 1 saturated heterocycles. The summed E-state index contributed by atoms with van der Waals surface area (Å²) in [6.45, 7) is 1.24. The molecule has 2 unspecified atom stereocenters. The van der Waals surface area contributed by atoms with Crippen LogP contribution in [0, 0.1) is 0 Å². The maximum absolute atomic E-state index is 12.5. The summed E-state index contributed by atoms with van der Waals surface area (Å²) in [6, 6.07) is 6.89. The van der Waals surface area contributed by atoms with Crippen molar-refractivity contribution in [1.82, 2.24) is 24.2 Å². The molecule has 3 aromatic rings. The Balaban J connectivity index is 1.32. The van der Waals surface area contributed by atoms with E-state index >= 15 is 0 Å². The number of phenolic OH excluding ortho intramolecular Hbond substituents is 1. The summed E-state index contributed by atoms with van der Waals surface area (Å²) in [4.78, 5) is 12.4. The lowest BCUT2D eigenvalue weighted by molar-refractivity contribution is -0.0681. The summed E-state index contributed by atoms with van der Waals surface area (Å²) in [5.41, 5.74) is 6.87. The number of imidazole rings is 1. The summed E-state index contributed by atoms with van der Waals surface area (Å²) >= 11 is -1.81. The lowest BCUT2D eigenvalue weighted by Gasteiger charge is -2.41. The fourth-order valence-corrected chi connectivity index (χ4v) is 4.28. The minimum Gasteiger partial charge on any atom is -0.508 e. The first-order valence-electron chi connectivity index (χ1n) is 9.65. The normalized spacial score (nSPS) is 17.3. The van der Waals surface area contributed by atoms with Crippen molar-refractivity contribution in [1.29, 1.82) is 0 Å². The van der Waals surface area contributed by atoms with Gasteiger partial charge in [-0.1, -0.05) is 18.2 Å². The molecule has 0 amide bonds. The number of nitrogens with two attached hydrogens (primary N) is 1. The fourth-order valence-electron chi connectivity index (χ4n) is 3.40. The van der Waals surface area contributed by atoms with Gasteiger partial charge in [-0.15, -0.1) is 0 Å². The first kappa shape index (κ1) is 21.6. The second-order valence-electron chi connectivity index (χ2n) is 7.23. The number of hydrogen-bond donors (Lipinski definition) is 3. The number of aromatic nitrogens is 4. The van der Waals surface area contributed by atoms with E-state index in [9.17, 15) is 9.32 Å². The molecule has 11 nitrogen and oxygen atoms in total. The molecule has 4 N–H and O–H groups in total. The van der Waals surface area contributed by atoms with Crippen LogP contribution in [0.5, 0.6) is 5.75 Å². The van der Waals surface area contributed by atoms with Gasteiger partial charge < -0.3 is 24.9 Å². The Bertz CT molecular complexity index is 1070. The van der Waals surface area contributed by atoms with Crippen LogP contribution in [-0.2, 0) is 37.0 Å². The second kappa shape index (κ2) is 9.24. The standard InChI is InChI=1S/C19H24N6O5S/c1-28-13(6-7-25-12-23-16-17(20)21-11-22-18(16)25)8-30-31(27)24-19(9-29-10-19)14-4-2-3-5-15(14)26/h2-5,11-13,24,26H,6-10H2,1H3,(H2,20,21,22). The topological polar surface area (TPSA) is 147 Å². The molecule has 3 heterocycles. The number of nitrogens with zero attached hydrogens (tertiary/aromatic N) is 4. The summed E-state index contributed by atoms with van der Waals surface area (Å²) < 4.78 is 33.6. The van der Waals surface area contributed by atoms with Crippen molar-refractivity contribution in [3.05, 3.63) is 42.5 Å². The Morgan fingerprint density at radius 1 is 1.35 bits per heavy atom. The van der Waals surface area contributed by atoms with Crippen LogP contribution in [0.25, 0.3) is 11.2 Å². The van der Waals surface area contributed by atoms with Gasteiger partial charge in [0.2, 0.25) is 11.3 Å². The monoisotopic (exact) mass is 448 g/mol. The van der Waals surface area contributed by atoms with Crippen molar-refractivity contribution in [2.45, 2.75) is 24.6 Å². The molecule has 1 fully saturated rings. The number of benzene rings is 1. The average Bonchev–Trinajstić information content (AvgIpc) is 3.16. The van der Waals surface area contributed by atoms with Crippen LogP contribution < -0.4 is 10.5 Å². The minimum atomic E-state index is -1.81. The number of aromatic hydroxyl groups is 1. The SMILES string of the molecule is COC(CCn1cnc2c(N)ncnc21)COS(=O)NC1(c2ccccc2O)COC1. The summed E-state index contributed by atoms with van der Waals surface area (Å²) in [6.07, 6.45) is 3.32. The van der Waals surface area contributed by atoms with E-state index in [1.807, 2.05) is 4.57 Å². The summed E-state index contributed by atoms with van der Waals surface area (Å²) in [5, 5.41) is 10.2. The highest BCUT2D eigenvalue weighted by molar-refractivity contribution is 7.78. The second-order valence-corrected chi connectivity index (χ2v) is 8.14. The summed E-state index contributed by atoms with van der Waals surface area (Å²) in [5.74, 6) is 0.442. The Morgan fingerprint density at radius 2 is 2.16 bits per heavy atom. The zero-order valence-corrected chi connectivity index (χ0v) is 17.7. The molecule has 166 valence electrons. The third-order valence-electron chi connectivity index (χ3n) is 5.21. The Kier molecular flexibility index (Phi) is 6.43. The highest BCUT2D eigenvalue weighted by Gasteiger charge is 2.44. The molecule has 0 bridgehead atoms. The lowest BCUT2D eigenvalue weighted by atomic mass is 9.88. The van der Waals surface area contributed by atoms with E-state index in [1.54, 1.807) is 37.7 Å². The number of fused-ring (bicyclic) bond motifs is 1. The number of methoxy groups -OCH3 is 1. The van der Waals surface area contributed by atoms with E-state index in [-0.39, 0.29) is 31.7 Å². The van der Waals surface area contributed by atoms with Crippen LogP contribution in [0.3, 0.4) is 0 Å². The molecular weight excluding hydrogens is 424 g/mol. The van der Waals surface area contributed by atoms with E-state index in [0.29, 0.717) is 35.5 Å². The molecule has 12 heteroatoms. The van der Waals surface area contributed by atoms with Gasteiger partial charge in [0.1, 0.15) is 23.1 Å². The van der Waals surface area contributed by atoms with Gasteiger partial charge >= 0.3 is 0 Å². The molecular formula is C19H24N6O5S. The average molecular weight is 449 g/mol. The quantitative estimate of drug-likeness (QED) is 0.406. The fraction of sp³-hybridized carbons (Fsp3) is 0.421. The maximum Gasteiger partial charge on any atom is 0.235 e. The number of hydrogen-bond acceptors (Lipinski definition) is 9. The number of nitrogen functional groups attached to an aromatic ring is 1. The van der Waals surface area contributed by atoms with Gasteiger partial charge in [0, 0.05) is 19.2 Å². The number of phenols is 1. The Hall–Kier alpha value is -2.64. The number of para-hydroxylation sites is 1. The minimum absolute atomic E-state index is 0.109. The van der Waals surface area contributed by atoms with Crippen LogP contribution in [-0.4, -0.2) is 61.9 Å². The zero-order chi connectivity index (χ0) is 21.8. The molecule has 2 aromatic heterocycles. The van der Waals surface area contributed by atoms with Crippen molar-refractivity contribution in [3.8, 4) is 5.75 Å². The number of anilines is 1. The third-order valence-corrected chi connectivity index (χ3v) is 6.12. The number of aryl methyl sites for hydroxylation is 1. The Morgan fingerprint density at radius 3 is 2.87 bits per heavy atom. The van der Waals surface area contributed by atoms with Gasteiger partial charge in [-0.3, -0.25) is 4.18 Å². The van der Waals surface area contributed by atoms with E-state index in [2.05, 4.69) is 19.7 Å². The zero-order valence-electron chi connectivity index (χ0n) is 16.9. The number of ether oxygens (including phenoxy) is 2.